The summed E-state index contributed by atoms with van der Waals surface area (Å²) in [6, 6.07) is 3.34. The average Bonchev–Trinajstić information content (AvgIpc) is 2.92. The summed E-state index contributed by atoms with van der Waals surface area (Å²) < 4.78 is 33.7. The van der Waals surface area contributed by atoms with E-state index in [1.165, 1.54) is 15.2 Å². The zero-order valence-corrected chi connectivity index (χ0v) is 13.4. The second-order valence-electron chi connectivity index (χ2n) is 5.21. The van der Waals surface area contributed by atoms with E-state index in [-0.39, 0.29) is 23.3 Å². The van der Waals surface area contributed by atoms with Crippen molar-refractivity contribution in [2.24, 2.45) is 7.05 Å². The summed E-state index contributed by atoms with van der Waals surface area (Å²) in [6.45, 7) is 5.58. The Morgan fingerprint density at radius 3 is 2.52 bits per heavy atom. The van der Waals surface area contributed by atoms with E-state index in [0.717, 1.165) is 5.76 Å². The maximum Gasteiger partial charge on any atom is 0.248 e. The standard InChI is InChI=1S/C13H20N4O3S/c1-9(2)17(7-11-6-5-10(3)20-11)21(18,19)12-8-16(4)15-13(12)14/h5-6,8-9H,7H2,1-4H3,(H2,14,15). The third-order valence-electron chi connectivity index (χ3n) is 3.09. The molecule has 7 nitrogen and oxygen atoms in total. The first-order chi connectivity index (χ1) is 9.71. The highest BCUT2D eigenvalue weighted by atomic mass is 32.2. The molecule has 0 aliphatic heterocycles. The fraction of sp³-hybridized carbons (Fsp3) is 0.462. The average molecular weight is 312 g/mol. The molecule has 2 heterocycles. The smallest absolute Gasteiger partial charge is 0.248 e. The Balaban J connectivity index is 2.39. The van der Waals surface area contributed by atoms with Crippen LogP contribution in [-0.2, 0) is 23.6 Å². The van der Waals surface area contributed by atoms with Crippen LogP contribution in [0, 0.1) is 6.92 Å². The fourth-order valence-corrected chi connectivity index (χ4v) is 3.77. The van der Waals surface area contributed by atoms with Gasteiger partial charge < -0.3 is 10.2 Å². The van der Waals surface area contributed by atoms with Crippen LogP contribution in [0.5, 0.6) is 0 Å². The second-order valence-corrected chi connectivity index (χ2v) is 7.07. The van der Waals surface area contributed by atoms with Crippen LogP contribution in [0.15, 0.2) is 27.6 Å². The van der Waals surface area contributed by atoms with Crippen molar-refractivity contribution < 1.29 is 12.8 Å². The number of nitrogens with two attached hydrogens (primary N) is 1. The molecule has 0 aliphatic rings. The molecule has 0 fully saturated rings. The third-order valence-corrected chi connectivity index (χ3v) is 5.13. The van der Waals surface area contributed by atoms with Gasteiger partial charge in [0.25, 0.3) is 0 Å². The van der Waals surface area contributed by atoms with Crippen molar-refractivity contribution in [1.29, 1.82) is 0 Å². The minimum Gasteiger partial charge on any atom is -0.465 e. The lowest BCUT2D eigenvalue weighted by Crippen LogP contribution is -2.36. The van der Waals surface area contributed by atoms with Crippen LogP contribution in [0.3, 0.4) is 0 Å². The summed E-state index contributed by atoms with van der Waals surface area (Å²) in [5.41, 5.74) is 5.70. The number of anilines is 1. The monoisotopic (exact) mass is 312 g/mol. The van der Waals surface area contributed by atoms with Gasteiger partial charge in [0.2, 0.25) is 10.0 Å². The number of rotatable bonds is 5. The first kappa shape index (κ1) is 15.6. The van der Waals surface area contributed by atoms with Crippen molar-refractivity contribution in [3.8, 4) is 0 Å². The first-order valence-electron chi connectivity index (χ1n) is 6.58. The van der Waals surface area contributed by atoms with E-state index in [9.17, 15) is 8.42 Å². The van der Waals surface area contributed by atoms with Gasteiger partial charge in [-0.2, -0.15) is 9.40 Å². The number of aryl methyl sites for hydroxylation is 2. The maximum atomic E-state index is 12.8. The minimum absolute atomic E-state index is 0.00113. The molecular formula is C13H20N4O3S. The molecule has 0 aromatic carbocycles. The maximum absolute atomic E-state index is 12.8. The molecule has 0 saturated carbocycles. The van der Waals surface area contributed by atoms with E-state index in [0.29, 0.717) is 5.76 Å². The predicted molar refractivity (Wildman–Crippen MR) is 78.9 cm³/mol. The Morgan fingerprint density at radius 2 is 2.10 bits per heavy atom. The van der Waals surface area contributed by atoms with E-state index in [2.05, 4.69) is 5.10 Å². The van der Waals surface area contributed by atoms with Crippen molar-refractivity contribution in [1.82, 2.24) is 14.1 Å². The quantitative estimate of drug-likeness (QED) is 0.903. The van der Waals surface area contributed by atoms with Gasteiger partial charge in [0.1, 0.15) is 16.4 Å². The molecule has 0 unspecified atom stereocenters. The molecule has 8 heteroatoms. The van der Waals surface area contributed by atoms with Gasteiger partial charge in [-0.1, -0.05) is 0 Å². The summed E-state index contributed by atoms with van der Waals surface area (Å²) in [7, 11) is -2.10. The molecule has 0 spiro atoms. The summed E-state index contributed by atoms with van der Waals surface area (Å²) >= 11 is 0. The molecule has 0 aliphatic carbocycles. The Labute approximate surface area is 124 Å². The van der Waals surface area contributed by atoms with E-state index in [1.54, 1.807) is 33.0 Å². The number of sulfonamides is 1. The van der Waals surface area contributed by atoms with Gasteiger partial charge in [0, 0.05) is 19.3 Å². The van der Waals surface area contributed by atoms with E-state index >= 15 is 0 Å². The molecule has 0 radical (unpaired) electrons. The zero-order chi connectivity index (χ0) is 15.8. The lowest BCUT2D eigenvalue weighted by atomic mass is 10.3. The fourth-order valence-electron chi connectivity index (χ4n) is 2.08. The Hall–Kier alpha value is -1.80. The van der Waals surface area contributed by atoms with E-state index < -0.39 is 10.0 Å². The van der Waals surface area contributed by atoms with Crippen molar-refractivity contribution in [2.45, 2.75) is 38.3 Å². The third kappa shape index (κ3) is 3.11. The lowest BCUT2D eigenvalue weighted by molar-refractivity contribution is 0.314. The lowest BCUT2D eigenvalue weighted by Gasteiger charge is -2.24. The van der Waals surface area contributed by atoms with Crippen molar-refractivity contribution in [2.75, 3.05) is 5.73 Å². The largest absolute Gasteiger partial charge is 0.465 e. The highest BCUT2D eigenvalue weighted by Gasteiger charge is 2.31. The Morgan fingerprint density at radius 1 is 1.43 bits per heavy atom. The molecule has 21 heavy (non-hydrogen) atoms. The molecule has 0 saturated heterocycles. The molecule has 2 N–H and O–H groups in total. The number of hydrogen-bond donors (Lipinski definition) is 1. The van der Waals surface area contributed by atoms with Crippen LogP contribution in [0.4, 0.5) is 5.82 Å². The summed E-state index contributed by atoms with van der Waals surface area (Å²) in [6.07, 6.45) is 1.41. The van der Waals surface area contributed by atoms with E-state index in [1.807, 2.05) is 6.92 Å². The summed E-state index contributed by atoms with van der Waals surface area (Å²) in [5.74, 6) is 1.33. The number of nitrogens with zero attached hydrogens (tertiary/aromatic N) is 3. The molecule has 0 atom stereocenters. The highest BCUT2D eigenvalue weighted by molar-refractivity contribution is 7.89. The molecule has 2 aromatic rings. The van der Waals surface area contributed by atoms with Crippen LogP contribution < -0.4 is 5.73 Å². The van der Waals surface area contributed by atoms with Gasteiger partial charge in [-0.25, -0.2) is 8.42 Å². The SMILES string of the molecule is Cc1ccc(CN(C(C)C)S(=O)(=O)c2cn(C)nc2N)o1. The van der Waals surface area contributed by atoms with Gasteiger partial charge in [0.05, 0.1) is 6.54 Å². The molecule has 2 aromatic heterocycles. The van der Waals surface area contributed by atoms with E-state index in [4.69, 9.17) is 10.2 Å². The van der Waals surface area contributed by atoms with Gasteiger partial charge in [-0.3, -0.25) is 4.68 Å². The number of furan rings is 1. The molecule has 116 valence electrons. The van der Waals surface area contributed by atoms with Gasteiger partial charge in [0.15, 0.2) is 5.82 Å². The molecular weight excluding hydrogens is 292 g/mol. The Kier molecular flexibility index (Phi) is 4.11. The predicted octanol–water partition coefficient (Wildman–Crippen LogP) is 1.50. The topological polar surface area (TPSA) is 94.4 Å². The van der Waals surface area contributed by atoms with Crippen LogP contribution in [0.2, 0.25) is 0 Å². The summed E-state index contributed by atoms with van der Waals surface area (Å²) in [5, 5.41) is 3.90. The first-order valence-corrected chi connectivity index (χ1v) is 8.02. The summed E-state index contributed by atoms with van der Waals surface area (Å²) in [4.78, 5) is 0.0157. The molecule has 0 amide bonds. The number of nitrogen functional groups attached to an aromatic ring is 1. The highest BCUT2D eigenvalue weighted by Crippen LogP contribution is 2.25. The van der Waals surface area contributed by atoms with Crippen molar-refractivity contribution >= 4 is 15.8 Å². The van der Waals surface area contributed by atoms with Crippen LogP contribution >= 0.6 is 0 Å². The number of aromatic nitrogens is 2. The van der Waals surface area contributed by atoms with Gasteiger partial charge in [-0.15, -0.1) is 0 Å². The van der Waals surface area contributed by atoms with Crippen LogP contribution in [-0.4, -0.2) is 28.5 Å². The van der Waals surface area contributed by atoms with Gasteiger partial charge >= 0.3 is 0 Å². The van der Waals surface area contributed by atoms with Crippen molar-refractivity contribution in [3.05, 3.63) is 29.9 Å². The minimum atomic E-state index is -3.73. The van der Waals surface area contributed by atoms with Gasteiger partial charge in [-0.05, 0) is 32.9 Å². The Bertz CT molecular complexity index is 730. The molecule has 0 bridgehead atoms. The zero-order valence-electron chi connectivity index (χ0n) is 12.6. The van der Waals surface area contributed by atoms with Crippen LogP contribution in [0.1, 0.15) is 25.4 Å². The number of hydrogen-bond acceptors (Lipinski definition) is 5. The normalized spacial score (nSPS) is 12.5. The van der Waals surface area contributed by atoms with Crippen molar-refractivity contribution in [3.63, 3.8) is 0 Å². The second kappa shape index (κ2) is 5.53. The molecule has 2 rings (SSSR count). The van der Waals surface area contributed by atoms with Crippen LogP contribution in [0.25, 0.3) is 0 Å².